The zero-order valence-corrected chi connectivity index (χ0v) is 9.09. The van der Waals surface area contributed by atoms with Gasteiger partial charge in [0, 0.05) is 0 Å². The van der Waals surface area contributed by atoms with Crippen molar-refractivity contribution in [1.29, 1.82) is 5.26 Å². The first-order chi connectivity index (χ1) is 7.72. The molecule has 2 aromatic rings. The summed E-state index contributed by atoms with van der Waals surface area (Å²) < 4.78 is 0. The second-order valence-electron chi connectivity index (χ2n) is 3.97. The van der Waals surface area contributed by atoms with Crippen LogP contribution in [0.15, 0.2) is 42.5 Å². The van der Waals surface area contributed by atoms with Crippen LogP contribution < -0.4 is 0 Å². The monoisotopic (exact) mass is 211 g/mol. The summed E-state index contributed by atoms with van der Waals surface area (Å²) in [6.45, 7) is 1.72. The fraction of sp³-hybridized carbons (Fsp3) is 0.214. The van der Waals surface area contributed by atoms with Crippen LogP contribution in [0, 0.1) is 17.2 Å². The van der Waals surface area contributed by atoms with E-state index in [0.29, 0.717) is 0 Å². The summed E-state index contributed by atoms with van der Waals surface area (Å²) in [6.07, 6.45) is -0.713. The third kappa shape index (κ3) is 1.91. The molecule has 0 amide bonds. The van der Waals surface area contributed by atoms with Gasteiger partial charge in [0.05, 0.1) is 18.1 Å². The van der Waals surface area contributed by atoms with Gasteiger partial charge in [0.2, 0.25) is 0 Å². The molecule has 0 fully saturated rings. The van der Waals surface area contributed by atoms with Gasteiger partial charge in [0.15, 0.2) is 0 Å². The third-order valence-electron chi connectivity index (χ3n) is 2.79. The van der Waals surface area contributed by atoms with Crippen molar-refractivity contribution in [3.8, 4) is 6.07 Å². The second kappa shape index (κ2) is 4.34. The predicted octanol–water partition coefficient (Wildman–Crippen LogP) is 3.03. The van der Waals surface area contributed by atoms with Gasteiger partial charge in [-0.15, -0.1) is 0 Å². The largest absolute Gasteiger partial charge is 0.387 e. The normalized spacial score (nSPS) is 14.3. The molecule has 0 aromatic heterocycles. The number of aliphatic hydroxyl groups excluding tert-OH is 1. The standard InChI is InChI=1S/C14H13NO/c1-10(9-15)14(16)13-7-6-11-4-2-3-5-12(11)8-13/h2-8,10,14,16H,1H3. The van der Waals surface area contributed by atoms with E-state index >= 15 is 0 Å². The van der Waals surface area contributed by atoms with Crippen molar-refractivity contribution >= 4 is 10.8 Å². The predicted molar refractivity (Wildman–Crippen MR) is 63.7 cm³/mol. The Hall–Kier alpha value is -1.85. The fourth-order valence-electron chi connectivity index (χ4n) is 1.75. The SMILES string of the molecule is CC(C#N)C(O)c1ccc2ccccc2c1. The van der Waals surface area contributed by atoms with Crippen LogP contribution in [0.2, 0.25) is 0 Å². The van der Waals surface area contributed by atoms with Gasteiger partial charge in [-0.3, -0.25) is 0 Å². The van der Waals surface area contributed by atoms with E-state index in [1.807, 2.05) is 42.5 Å². The maximum atomic E-state index is 9.93. The Morgan fingerprint density at radius 1 is 1.12 bits per heavy atom. The van der Waals surface area contributed by atoms with Gasteiger partial charge < -0.3 is 5.11 Å². The highest BCUT2D eigenvalue weighted by Gasteiger charge is 2.15. The highest BCUT2D eigenvalue weighted by Crippen LogP contribution is 2.24. The summed E-state index contributed by atoms with van der Waals surface area (Å²) in [6, 6.07) is 15.8. The van der Waals surface area contributed by atoms with E-state index in [0.717, 1.165) is 16.3 Å². The van der Waals surface area contributed by atoms with Crippen molar-refractivity contribution in [3.63, 3.8) is 0 Å². The molecule has 0 aliphatic rings. The van der Waals surface area contributed by atoms with Crippen molar-refractivity contribution < 1.29 is 5.11 Å². The molecule has 0 spiro atoms. The molecule has 2 rings (SSSR count). The van der Waals surface area contributed by atoms with Crippen LogP contribution in [0.3, 0.4) is 0 Å². The molecular weight excluding hydrogens is 198 g/mol. The molecule has 2 unspecified atom stereocenters. The lowest BCUT2D eigenvalue weighted by molar-refractivity contribution is 0.143. The highest BCUT2D eigenvalue weighted by atomic mass is 16.3. The van der Waals surface area contributed by atoms with Crippen LogP contribution in [0.4, 0.5) is 0 Å². The second-order valence-corrected chi connectivity index (χ2v) is 3.97. The number of hydrogen-bond donors (Lipinski definition) is 1. The van der Waals surface area contributed by atoms with Crippen molar-refractivity contribution in [3.05, 3.63) is 48.0 Å². The van der Waals surface area contributed by atoms with E-state index in [1.54, 1.807) is 6.92 Å². The summed E-state index contributed by atoms with van der Waals surface area (Å²) in [5.41, 5.74) is 0.799. The first-order valence-electron chi connectivity index (χ1n) is 5.29. The molecular formula is C14H13NO. The van der Waals surface area contributed by atoms with E-state index in [4.69, 9.17) is 5.26 Å². The molecule has 1 N–H and O–H groups in total. The molecule has 0 saturated carbocycles. The minimum atomic E-state index is -0.713. The molecule has 0 bridgehead atoms. The van der Waals surface area contributed by atoms with E-state index in [9.17, 15) is 5.11 Å². The molecule has 80 valence electrons. The first-order valence-corrected chi connectivity index (χ1v) is 5.29. The smallest absolute Gasteiger partial charge is 0.0945 e. The molecule has 16 heavy (non-hydrogen) atoms. The number of aliphatic hydroxyl groups is 1. The van der Waals surface area contributed by atoms with Crippen molar-refractivity contribution in [1.82, 2.24) is 0 Å². The number of rotatable bonds is 2. The Morgan fingerprint density at radius 3 is 2.50 bits per heavy atom. The molecule has 2 nitrogen and oxygen atoms in total. The lowest BCUT2D eigenvalue weighted by atomic mass is 9.96. The van der Waals surface area contributed by atoms with Crippen LogP contribution in [0.1, 0.15) is 18.6 Å². The van der Waals surface area contributed by atoms with Gasteiger partial charge in [0.1, 0.15) is 0 Å². The lowest BCUT2D eigenvalue weighted by Crippen LogP contribution is -2.06. The van der Waals surface area contributed by atoms with E-state index in [-0.39, 0.29) is 5.92 Å². The molecule has 2 aromatic carbocycles. The Labute approximate surface area is 94.8 Å². The first kappa shape index (κ1) is 10.7. The maximum Gasteiger partial charge on any atom is 0.0945 e. The van der Waals surface area contributed by atoms with Crippen molar-refractivity contribution in [2.24, 2.45) is 5.92 Å². The minimum absolute atomic E-state index is 0.388. The molecule has 0 aliphatic heterocycles. The molecule has 2 heteroatoms. The van der Waals surface area contributed by atoms with Gasteiger partial charge in [0.25, 0.3) is 0 Å². The Bertz CT molecular complexity index is 542. The van der Waals surface area contributed by atoms with Crippen LogP contribution in [-0.2, 0) is 0 Å². The molecule has 2 atom stereocenters. The number of fused-ring (bicyclic) bond motifs is 1. The van der Waals surface area contributed by atoms with E-state index in [1.165, 1.54) is 0 Å². The molecule has 0 saturated heterocycles. The van der Waals surface area contributed by atoms with Crippen LogP contribution in [0.25, 0.3) is 10.8 Å². The summed E-state index contributed by atoms with van der Waals surface area (Å²) in [7, 11) is 0. The topological polar surface area (TPSA) is 44.0 Å². The van der Waals surface area contributed by atoms with Gasteiger partial charge in [-0.2, -0.15) is 5.26 Å². The fourth-order valence-corrected chi connectivity index (χ4v) is 1.75. The Balaban J connectivity index is 2.44. The number of nitrogens with zero attached hydrogens (tertiary/aromatic N) is 1. The van der Waals surface area contributed by atoms with Crippen molar-refractivity contribution in [2.45, 2.75) is 13.0 Å². The average Bonchev–Trinajstić information content (AvgIpc) is 2.36. The van der Waals surface area contributed by atoms with Crippen molar-refractivity contribution in [2.75, 3.05) is 0 Å². The van der Waals surface area contributed by atoms with Gasteiger partial charge >= 0.3 is 0 Å². The Morgan fingerprint density at radius 2 is 1.81 bits per heavy atom. The summed E-state index contributed by atoms with van der Waals surface area (Å²) in [4.78, 5) is 0. The van der Waals surface area contributed by atoms with E-state index < -0.39 is 6.10 Å². The lowest BCUT2D eigenvalue weighted by Gasteiger charge is -2.13. The molecule has 0 aliphatic carbocycles. The van der Waals surface area contributed by atoms with Gasteiger partial charge in [-0.25, -0.2) is 0 Å². The van der Waals surface area contributed by atoms with Crippen LogP contribution in [0.5, 0.6) is 0 Å². The van der Waals surface area contributed by atoms with Gasteiger partial charge in [-0.1, -0.05) is 36.4 Å². The zero-order chi connectivity index (χ0) is 11.5. The minimum Gasteiger partial charge on any atom is -0.387 e. The summed E-state index contributed by atoms with van der Waals surface area (Å²) >= 11 is 0. The van der Waals surface area contributed by atoms with Crippen LogP contribution >= 0.6 is 0 Å². The summed E-state index contributed by atoms with van der Waals surface area (Å²) in [5.74, 6) is -0.388. The molecule has 0 heterocycles. The number of benzene rings is 2. The average molecular weight is 211 g/mol. The quantitative estimate of drug-likeness (QED) is 0.829. The van der Waals surface area contributed by atoms with Crippen LogP contribution in [-0.4, -0.2) is 5.11 Å². The zero-order valence-electron chi connectivity index (χ0n) is 9.09. The van der Waals surface area contributed by atoms with E-state index in [2.05, 4.69) is 6.07 Å². The van der Waals surface area contributed by atoms with Gasteiger partial charge in [-0.05, 0) is 29.3 Å². The molecule has 0 radical (unpaired) electrons. The number of nitriles is 1. The number of hydrogen-bond acceptors (Lipinski definition) is 2. The third-order valence-corrected chi connectivity index (χ3v) is 2.79. The maximum absolute atomic E-state index is 9.93. The summed E-state index contributed by atoms with van der Waals surface area (Å²) in [5, 5.41) is 20.9. The highest BCUT2D eigenvalue weighted by molar-refractivity contribution is 5.83. The Kier molecular flexibility index (Phi) is 2.89.